The lowest BCUT2D eigenvalue weighted by Crippen LogP contribution is -2.37. The van der Waals surface area contributed by atoms with E-state index in [1.807, 2.05) is 18.3 Å². The minimum Gasteiger partial charge on any atom is -0.473 e. The Hall–Kier alpha value is -2.67. The first-order chi connectivity index (χ1) is 13.3. The van der Waals surface area contributed by atoms with Crippen LogP contribution in [0.5, 0.6) is 5.88 Å². The lowest BCUT2D eigenvalue weighted by Gasteiger charge is -2.23. The van der Waals surface area contributed by atoms with Gasteiger partial charge in [-0.25, -0.2) is 4.39 Å². The number of ether oxygens (including phenoxy) is 1. The summed E-state index contributed by atoms with van der Waals surface area (Å²) >= 11 is 0. The number of hydrogen-bond acceptors (Lipinski definition) is 5. The number of nitrogens with zero attached hydrogens (tertiary/aromatic N) is 3. The fourth-order valence-electron chi connectivity index (χ4n) is 3.59. The number of aromatic nitrogens is 3. The molecule has 1 aliphatic heterocycles. The molecule has 2 N–H and O–H groups in total. The van der Waals surface area contributed by atoms with Crippen LogP contribution in [-0.2, 0) is 0 Å². The number of anilines is 2. The third-order valence-corrected chi connectivity index (χ3v) is 5.13. The Bertz CT molecular complexity index is 962. The first-order valence-electron chi connectivity index (χ1n) is 9.55. The summed E-state index contributed by atoms with van der Waals surface area (Å²) in [6.45, 7) is 1.86. The Balaban J connectivity index is 1.53. The molecular weight excluding hydrogens is 345 g/mol. The topological polar surface area (TPSA) is 63.5 Å². The Morgan fingerprint density at radius 1 is 1.22 bits per heavy atom. The minimum absolute atomic E-state index is 0.114. The quantitative estimate of drug-likeness (QED) is 0.721. The monoisotopic (exact) mass is 367 g/mol. The summed E-state index contributed by atoms with van der Waals surface area (Å²) < 4.78 is 21.5. The molecule has 1 aliphatic carbocycles. The molecule has 0 spiro atoms. The molecule has 3 heterocycles. The molecule has 0 radical (unpaired) electrons. The summed E-state index contributed by atoms with van der Waals surface area (Å²) in [7, 11) is 0. The van der Waals surface area contributed by atoms with Crippen molar-refractivity contribution in [2.75, 3.05) is 18.4 Å². The van der Waals surface area contributed by atoms with Crippen molar-refractivity contribution >= 4 is 17.2 Å². The number of hydrogen-bond donors (Lipinski definition) is 2. The van der Waals surface area contributed by atoms with E-state index in [2.05, 4.69) is 15.7 Å². The van der Waals surface area contributed by atoms with Gasteiger partial charge in [-0.1, -0.05) is 6.07 Å². The Morgan fingerprint density at radius 2 is 2.15 bits per heavy atom. The third kappa shape index (κ3) is 3.47. The van der Waals surface area contributed by atoms with Gasteiger partial charge in [-0.05, 0) is 56.3 Å². The molecule has 2 aliphatic rings. The predicted molar refractivity (Wildman–Crippen MR) is 101 cm³/mol. The van der Waals surface area contributed by atoms with Crippen LogP contribution in [0.2, 0.25) is 0 Å². The van der Waals surface area contributed by atoms with Crippen LogP contribution >= 0.6 is 0 Å². The molecule has 27 heavy (non-hydrogen) atoms. The molecule has 1 saturated heterocycles. The van der Waals surface area contributed by atoms with Crippen LogP contribution in [0.3, 0.4) is 0 Å². The maximum absolute atomic E-state index is 13.6. The van der Waals surface area contributed by atoms with Crippen molar-refractivity contribution in [3.05, 3.63) is 47.9 Å². The second-order valence-electron chi connectivity index (χ2n) is 7.31. The van der Waals surface area contributed by atoms with Crippen LogP contribution in [0.15, 0.2) is 36.5 Å². The number of rotatable bonds is 5. The zero-order valence-corrected chi connectivity index (χ0v) is 15.0. The molecule has 2 fully saturated rings. The lowest BCUT2D eigenvalue weighted by molar-refractivity contribution is 0.161. The molecule has 1 aromatic carbocycles. The van der Waals surface area contributed by atoms with Crippen molar-refractivity contribution in [3.8, 4) is 5.88 Å². The molecule has 2 aromatic heterocycles. The van der Waals surface area contributed by atoms with E-state index in [1.54, 1.807) is 10.6 Å². The standard InChI is InChI=1S/C20H22FN5O/c21-14-3-1-4-15(9-14)24-18-10-19(27-16-5-2-8-22-11-16)25-20-17(13-6-7-13)12-23-26(18)20/h1,3-4,9-10,12-13,16,22,24H,2,5-8,11H2. The van der Waals surface area contributed by atoms with E-state index in [1.165, 1.54) is 25.0 Å². The van der Waals surface area contributed by atoms with Gasteiger partial charge >= 0.3 is 0 Å². The molecule has 3 aromatic rings. The molecule has 0 bridgehead atoms. The van der Waals surface area contributed by atoms with Crippen molar-refractivity contribution in [3.63, 3.8) is 0 Å². The summed E-state index contributed by atoms with van der Waals surface area (Å²) in [6, 6.07) is 8.24. The Morgan fingerprint density at radius 3 is 2.93 bits per heavy atom. The Labute approximate surface area is 156 Å². The highest BCUT2D eigenvalue weighted by Gasteiger charge is 2.28. The highest BCUT2D eigenvalue weighted by molar-refractivity contribution is 5.63. The van der Waals surface area contributed by atoms with Gasteiger partial charge in [0.15, 0.2) is 5.65 Å². The van der Waals surface area contributed by atoms with E-state index in [4.69, 9.17) is 9.72 Å². The second-order valence-corrected chi connectivity index (χ2v) is 7.31. The molecule has 1 saturated carbocycles. The van der Waals surface area contributed by atoms with Crippen molar-refractivity contribution < 1.29 is 9.13 Å². The van der Waals surface area contributed by atoms with Crippen LogP contribution in [0.25, 0.3) is 5.65 Å². The van der Waals surface area contributed by atoms with Crippen LogP contribution in [-0.4, -0.2) is 33.8 Å². The average Bonchev–Trinajstić information content (AvgIpc) is 3.42. The maximum atomic E-state index is 13.6. The normalized spacial score (nSPS) is 20.0. The van der Waals surface area contributed by atoms with E-state index in [0.29, 0.717) is 17.5 Å². The summed E-state index contributed by atoms with van der Waals surface area (Å²) in [5.74, 6) is 1.55. The van der Waals surface area contributed by atoms with E-state index < -0.39 is 0 Å². The zero-order valence-electron chi connectivity index (χ0n) is 15.0. The van der Waals surface area contributed by atoms with E-state index in [-0.39, 0.29) is 11.9 Å². The van der Waals surface area contributed by atoms with Gasteiger partial charge in [0, 0.05) is 23.9 Å². The summed E-state index contributed by atoms with van der Waals surface area (Å²) in [5, 5.41) is 11.1. The molecule has 0 amide bonds. The van der Waals surface area contributed by atoms with Crippen molar-refractivity contribution in [1.29, 1.82) is 0 Å². The second kappa shape index (κ2) is 6.81. The van der Waals surface area contributed by atoms with Gasteiger partial charge in [-0.15, -0.1) is 0 Å². The largest absolute Gasteiger partial charge is 0.473 e. The highest BCUT2D eigenvalue weighted by Crippen LogP contribution is 2.42. The maximum Gasteiger partial charge on any atom is 0.219 e. The fraction of sp³-hybridized carbons (Fsp3) is 0.400. The van der Waals surface area contributed by atoms with Gasteiger partial charge < -0.3 is 15.4 Å². The summed E-state index contributed by atoms with van der Waals surface area (Å²) in [6.07, 6.45) is 6.47. The molecular formula is C20H22FN5O. The predicted octanol–water partition coefficient (Wildman–Crippen LogP) is 3.62. The summed E-state index contributed by atoms with van der Waals surface area (Å²) in [4.78, 5) is 4.75. The Kier molecular flexibility index (Phi) is 4.16. The van der Waals surface area contributed by atoms with Gasteiger partial charge in [0.25, 0.3) is 0 Å². The van der Waals surface area contributed by atoms with Gasteiger partial charge in [0.05, 0.1) is 6.20 Å². The van der Waals surface area contributed by atoms with E-state index >= 15 is 0 Å². The molecule has 6 nitrogen and oxygen atoms in total. The number of nitrogens with one attached hydrogen (secondary N) is 2. The molecule has 140 valence electrons. The van der Waals surface area contributed by atoms with Crippen molar-refractivity contribution in [2.45, 2.75) is 37.7 Å². The smallest absolute Gasteiger partial charge is 0.219 e. The van der Waals surface area contributed by atoms with E-state index in [0.717, 1.165) is 43.0 Å². The van der Waals surface area contributed by atoms with Crippen LogP contribution in [0, 0.1) is 5.82 Å². The zero-order chi connectivity index (χ0) is 18.2. The average molecular weight is 367 g/mol. The minimum atomic E-state index is -0.283. The van der Waals surface area contributed by atoms with Crippen LogP contribution in [0.4, 0.5) is 15.9 Å². The van der Waals surface area contributed by atoms with Gasteiger partial charge in [-0.2, -0.15) is 14.6 Å². The molecule has 1 unspecified atom stereocenters. The highest BCUT2D eigenvalue weighted by atomic mass is 19.1. The first kappa shape index (κ1) is 16.5. The molecule has 7 heteroatoms. The van der Waals surface area contributed by atoms with Crippen LogP contribution in [0.1, 0.15) is 37.2 Å². The molecule has 5 rings (SSSR count). The lowest BCUT2D eigenvalue weighted by atomic mass is 10.1. The number of fused-ring (bicyclic) bond motifs is 1. The van der Waals surface area contributed by atoms with Gasteiger partial charge in [-0.3, -0.25) is 0 Å². The van der Waals surface area contributed by atoms with Crippen molar-refractivity contribution in [2.24, 2.45) is 0 Å². The van der Waals surface area contributed by atoms with Crippen LogP contribution < -0.4 is 15.4 Å². The third-order valence-electron chi connectivity index (χ3n) is 5.13. The number of benzene rings is 1. The van der Waals surface area contributed by atoms with E-state index in [9.17, 15) is 4.39 Å². The number of piperidine rings is 1. The summed E-state index contributed by atoms with van der Waals surface area (Å²) in [5.41, 5.74) is 2.64. The van der Waals surface area contributed by atoms with Crippen molar-refractivity contribution in [1.82, 2.24) is 19.9 Å². The first-order valence-corrected chi connectivity index (χ1v) is 9.55. The van der Waals surface area contributed by atoms with Gasteiger partial charge in [0.2, 0.25) is 5.88 Å². The fourth-order valence-corrected chi connectivity index (χ4v) is 3.59. The SMILES string of the molecule is Fc1cccc(Nc2cc(OC3CCCNC3)nc3c(C4CC4)cnn23)c1. The number of halogens is 1. The molecule has 1 atom stereocenters. The van der Waals surface area contributed by atoms with Gasteiger partial charge in [0.1, 0.15) is 17.7 Å².